The van der Waals surface area contributed by atoms with Gasteiger partial charge in [0.05, 0.1) is 29.3 Å². The van der Waals surface area contributed by atoms with Crippen molar-refractivity contribution in [1.82, 2.24) is 4.57 Å². The number of nitrogens with two attached hydrogens (primary N) is 2. The summed E-state index contributed by atoms with van der Waals surface area (Å²) in [5.41, 5.74) is 16.7. The first-order valence-electron chi connectivity index (χ1n) is 12.9. The van der Waals surface area contributed by atoms with Gasteiger partial charge in [0.1, 0.15) is 6.20 Å². The first kappa shape index (κ1) is 33.6. The van der Waals surface area contributed by atoms with Crippen LogP contribution in [0.1, 0.15) is 16.7 Å². The molecule has 44 heavy (non-hydrogen) atoms. The predicted molar refractivity (Wildman–Crippen MR) is 169 cm³/mol. The first-order chi connectivity index (χ1) is 20.6. The largest absolute Gasteiger partial charge is 0.369 e. The van der Waals surface area contributed by atoms with Gasteiger partial charge in [-0.25, -0.2) is 8.97 Å². The number of hydrogen-bond donors (Lipinski definition) is 4. The molecule has 0 saturated carbocycles. The van der Waals surface area contributed by atoms with E-state index in [-0.39, 0.29) is 15.8 Å². The van der Waals surface area contributed by atoms with E-state index in [4.69, 9.17) is 20.6 Å². The van der Waals surface area contributed by atoms with Crippen molar-refractivity contribution in [2.75, 3.05) is 0 Å². The van der Waals surface area contributed by atoms with E-state index in [9.17, 15) is 16.8 Å². The van der Waals surface area contributed by atoms with Crippen molar-refractivity contribution < 1.29 is 30.3 Å². The molecule has 0 aliphatic rings. The lowest BCUT2D eigenvalue weighted by molar-refractivity contribution is -0.510. The van der Waals surface area contributed by atoms with E-state index in [1.54, 1.807) is 30.5 Å². The molecule has 5 aromatic rings. The van der Waals surface area contributed by atoms with Crippen LogP contribution in [0.2, 0.25) is 0 Å². The van der Waals surface area contributed by atoms with Crippen LogP contribution >= 0.6 is 0 Å². The zero-order chi connectivity index (χ0) is 32.5. The highest BCUT2D eigenvalue weighted by molar-refractivity contribution is 7.86. The third-order valence-corrected chi connectivity index (χ3v) is 7.79. The number of aryl methyl sites for hydroxylation is 3. The van der Waals surface area contributed by atoms with E-state index in [1.807, 2.05) is 56.4 Å². The second-order valence-electron chi connectivity index (χ2n) is 9.51. The maximum Gasteiger partial charge on any atom is 0.294 e. The molecule has 0 aliphatic heterocycles. The molecule has 0 amide bonds. The highest BCUT2D eigenvalue weighted by atomic mass is 32.2. The minimum absolute atomic E-state index is 0.0552. The van der Waals surface area contributed by atoms with Crippen molar-refractivity contribution >= 4 is 38.1 Å². The van der Waals surface area contributed by atoms with E-state index in [1.165, 1.54) is 24.3 Å². The molecule has 0 fully saturated rings. The summed E-state index contributed by atoms with van der Waals surface area (Å²) in [5, 5.41) is 7.38. The molecule has 5 rings (SSSR count). The summed E-state index contributed by atoms with van der Waals surface area (Å²) in [6.07, 6.45) is 5.76. The summed E-state index contributed by atoms with van der Waals surface area (Å²) in [4.78, 5) is -0.133. The molecule has 0 bridgehead atoms. The molecule has 0 aliphatic carbocycles. The summed E-state index contributed by atoms with van der Waals surface area (Å²) in [7, 11) is -5.98. The molecule has 6 N–H and O–H groups in total. The summed E-state index contributed by atoms with van der Waals surface area (Å²) < 4.78 is 63.4. The van der Waals surface area contributed by atoms with E-state index in [0.717, 1.165) is 33.6 Å². The Kier molecular flexibility index (Phi) is 11.1. The Morgan fingerprint density at radius 1 is 0.773 bits per heavy atom. The molecule has 0 spiro atoms. The number of imidazole rings is 1. The van der Waals surface area contributed by atoms with E-state index in [2.05, 4.69) is 38.5 Å². The van der Waals surface area contributed by atoms with E-state index < -0.39 is 20.2 Å². The molecule has 2 heterocycles. The Balaban J connectivity index is 0.000000202. The van der Waals surface area contributed by atoms with Crippen LogP contribution in [-0.2, 0) is 27.3 Å². The van der Waals surface area contributed by atoms with Crippen LogP contribution in [0.15, 0.2) is 123 Å². The van der Waals surface area contributed by atoms with E-state index in [0.29, 0.717) is 0 Å². The average molecular weight is 638 g/mol. The van der Waals surface area contributed by atoms with Crippen LogP contribution < -0.4 is 15.9 Å². The van der Waals surface area contributed by atoms with Gasteiger partial charge in [-0.2, -0.15) is 21.9 Å². The number of fused-ring (bicyclic) bond motifs is 1. The van der Waals surface area contributed by atoms with Crippen molar-refractivity contribution in [1.29, 1.82) is 0 Å². The lowest BCUT2D eigenvalue weighted by atomic mass is 10.1. The summed E-state index contributed by atoms with van der Waals surface area (Å²) >= 11 is 0. The number of pyridine rings is 1. The number of aromatic nitrogens is 2. The van der Waals surface area contributed by atoms with Gasteiger partial charge in [0.15, 0.2) is 5.69 Å². The number of rotatable bonds is 5. The molecular weight excluding hydrogens is 604 g/mol. The maximum absolute atomic E-state index is 10.5. The lowest BCUT2D eigenvalue weighted by Crippen LogP contribution is -2.21. The van der Waals surface area contributed by atoms with Crippen molar-refractivity contribution in [3.63, 3.8) is 0 Å². The summed E-state index contributed by atoms with van der Waals surface area (Å²) in [6, 6.07) is 26.1. The van der Waals surface area contributed by atoms with Gasteiger partial charge in [-0.1, -0.05) is 53.6 Å². The Labute approximate surface area is 256 Å². The van der Waals surface area contributed by atoms with Gasteiger partial charge in [-0.15, -0.1) is 5.10 Å². The second-order valence-corrected chi connectivity index (χ2v) is 12.4. The zero-order valence-corrected chi connectivity index (χ0v) is 25.8. The fourth-order valence-electron chi connectivity index (χ4n) is 3.77. The molecular formula is C30H33N6O6S2+. The highest BCUT2D eigenvalue weighted by Crippen LogP contribution is 2.19. The topological polar surface area (TPSA) is 195 Å². The zero-order valence-electron chi connectivity index (χ0n) is 24.2. The molecule has 12 nitrogen and oxygen atoms in total. The predicted octanol–water partition coefficient (Wildman–Crippen LogP) is 3.52. The van der Waals surface area contributed by atoms with Gasteiger partial charge < -0.3 is 11.5 Å². The number of nitrogens with zero attached hydrogens (tertiary/aromatic N) is 4. The Morgan fingerprint density at radius 3 is 1.70 bits per heavy atom. The van der Waals surface area contributed by atoms with Crippen molar-refractivity contribution in [3.8, 4) is 11.3 Å². The van der Waals surface area contributed by atoms with Crippen LogP contribution in [-0.4, -0.2) is 42.7 Å². The van der Waals surface area contributed by atoms with Gasteiger partial charge in [0, 0.05) is 11.6 Å². The van der Waals surface area contributed by atoms with Gasteiger partial charge in [-0.05, 0) is 61.9 Å². The van der Waals surface area contributed by atoms with Gasteiger partial charge in [0.25, 0.3) is 25.9 Å². The minimum Gasteiger partial charge on any atom is -0.369 e. The summed E-state index contributed by atoms with van der Waals surface area (Å²) in [5.74, 6) is -0.0552. The third-order valence-electron chi connectivity index (χ3n) is 6.06. The lowest BCUT2D eigenvalue weighted by Gasteiger charge is -1.98. The molecule has 0 radical (unpaired) electrons. The van der Waals surface area contributed by atoms with Crippen LogP contribution in [0.25, 0.3) is 16.9 Å². The second kappa shape index (κ2) is 14.5. The fraction of sp³-hybridized carbons (Fsp3) is 0.100. The van der Waals surface area contributed by atoms with Crippen LogP contribution in [0.3, 0.4) is 0 Å². The van der Waals surface area contributed by atoms with Crippen LogP contribution in [0.5, 0.6) is 0 Å². The number of benzene rings is 3. The minimum atomic E-state index is -4.02. The van der Waals surface area contributed by atoms with E-state index >= 15 is 0 Å². The SMILES string of the molecule is Cc1ccc(S(=O)(=O)O)cc1.Cc1ccc(S(=O)(=O)O)cc1.Cn1c(-c2ccc(/C=N/N=C(N)N)cc2)c[n+]2ccccc12. The Morgan fingerprint density at radius 2 is 1.27 bits per heavy atom. The number of guanidine groups is 1. The van der Waals surface area contributed by atoms with Gasteiger partial charge in [-0.3, -0.25) is 9.11 Å². The standard InChI is InChI=1S/C16H17N6.2C7H8O3S/c1-21-14(11-22-9-3-2-4-15(21)22)13-7-5-12(6-8-13)10-19-20-16(17)18;2*1-6-2-4-7(5-3-6)11(8,9)10/h2-11H,1H3,(H4,17,18,20);2*2-5H,1H3,(H,8,9,10)/q+1;;/b19-10+;;. The Bertz CT molecular complexity index is 1910. The normalized spacial score (nSPS) is 11.3. The molecule has 14 heteroatoms. The van der Waals surface area contributed by atoms with Crippen molar-refractivity contribution in [2.24, 2.45) is 28.7 Å². The van der Waals surface area contributed by atoms with Crippen LogP contribution in [0, 0.1) is 13.8 Å². The van der Waals surface area contributed by atoms with Crippen molar-refractivity contribution in [2.45, 2.75) is 23.6 Å². The summed E-state index contributed by atoms with van der Waals surface area (Å²) in [6.45, 7) is 3.68. The van der Waals surface area contributed by atoms with Gasteiger partial charge in [0.2, 0.25) is 5.96 Å². The molecule has 0 atom stereocenters. The molecule has 0 saturated heterocycles. The van der Waals surface area contributed by atoms with Crippen LogP contribution in [0.4, 0.5) is 0 Å². The van der Waals surface area contributed by atoms with Gasteiger partial charge >= 0.3 is 0 Å². The maximum atomic E-state index is 10.5. The average Bonchev–Trinajstić information content (AvgIpc) is 3.30. The number of hydrogen-bond acceptors (Lipinski definition) is 6. The fourth-order valence-corrected chi connectivity index (χ4v) is 4.73. The molecule has 230 valence electrons. The third kappa shape index (κ3) is 9.84. The first-order valence-corrected chi connectivity index (χ1v) is 15.8. The molecule has 0 unspecified atom stereocenters. The smallest absolute Gasteiger partial charge is 0.294 e. The Hall–Kier alpha value is -4.89. The molecule has 3 aromatic carbocycles. The van der Waals surface area contributed by atoms with Crippen molar-refractivity contribution in [3.05, 3.63) is 120 Å². The highest BCUT2D eigenvalue weighted by Gasteiger charge is 2.15. The monoisotopic (exact) mass is 637 g/mol. The quantitative estimate of drug-likeness (QED) is 0.0738. The molecule has 2 aromatic heterocycles.